The standard InChI is InChI=1S/C32H38FN3O4/c1-22-7-3-8-25(19-22)29-27(10-4-11-28(29)33)32(40,16-6-17-35-31(38)39)26-9-5-18-36(21-26)30(37)24-14-12-23(13-15-24)20-34-2/h3-4,7-8,10-15,19,26,34-35,40H,5-6,9,16-18,20-21H2,1-2H3,(H,38,39)/t26-,32+/m1/s1. The van der Waals surface area contributed by atoms with Crippen molar-refractivity contribution < 1.29 is 24.2 Å². The molecular formula is C32H38FN3O4. The number of carbonyl (C=O) groups is 2. The largest absolute Gasteiger partial charge is 0.465 e. The fourth-order valence-corrected chi connectivity index (χ4v) is 5.79. The van der Waals surface area contributed by atoms with Crippen molar-refractivity contribution in [2.45, 2.75) is 44.8 Å². The summed E-state index contributed by atoms with van der Waals surface area (Å²) in [7, 11) is 1.87. The van der Waals surface area contributed by atoms with E-state index in [1.165, 1.54) is 6.07 Å². The van der Waals surface area contributed by atoms with Gasteiger partial charge in [-0.2, -0.15) is 0 Å². The molecule has 4 N–H and O–H groups in total. The molecule has 0 radical (unpaired) electrons. The number of nitrogens with zero attached hydrogens (tertiary/aromatic N) is 1. The van der Waals surface area contributed by atoms with Crippen molar-refractivity contribution in [1.29, 1.82) is 0 Å². The van der Waals surface area contributed by atoms with Crippen molar-refractivity contribution in [2.24, 2.45) is 5.92 Å². The highest BCUT2D eigenvalue weighted by atomic mass is 19.1. The number of halogens is 1. The van der Waals surface area contributed by atoms with Crippen LogP contribution in [-0.2, 0) is 12.1 Å². The summed E-state index contributed by atoms with van der Waals surface area (Å²) in [4.78, 5) is 26.3. The van der Waals surface area contributed by atoms with Gasteiger partial charge in [-0.15, -0.1) is 0 Å². The molecule has 1 saturated heterocycles. The molecule has 1 fully saturated rings. The normalized spacial score (nSPS) is 16.8. The van der Waals surface area contributed by atoms with Crippen LogP contribution < -0.4 is 10.6 Å². The molecule has 2 amide bonds. The second-order valence-corrected chi connectivity index (χ2v) is 10.6. The third-order valence-corrected chi connectivity index (χ3v) is 7.76. The van der Waals surface area contributed by atoms with Gasteiger partial charge in [0.05, 0.1) is 5.60 Å². The van der Waals surface area contributed by atoms with Crippen LogP contribution in [0.4, 0.5) is 9.18 Å². The summed E-state index contributed by atoms with van der Waals surface area (Å²) < 4.78 is 15.5. The Kier molecular flexibility index (Phi) is 9.55. The van der Waals surface area contributed by atoms with Crippen molar-refractivity contribution in [3.63, 3.8) is 0 Å². The highest BCUT2D eigenvalue weighted by Gasteiger charge is 2.43. The minimum atomic E-state index is -1.49. The fraction of sp³-hybridized carbons (Fsp3) is 0.375. The molecule has 3 aromatic rings. The first kappa shape index (κ1) is 29.2. The van der Waals surface area contributed by atoms with Gasteiger partial charge in [-0.25, -0.2) is 9.18 Å². The van der Waals surface area contributed by atoms with Gasteiger partial charge in [0.1, 0.15) is 5.82 Å². The number of aryl methyl sites for hydroxylation is 1. The molecular weight excluding hydrogens is 509 g/mol. The van der Waals surface area contributed by atoms with Gasteiger partial charge in [-0.05, 0) is 74.5 Å². The molecule has 1 aliphatic heterocycles. The summed E-state index contributed by atoms with van der Waals surface area (Å²) in [6, 6.07) is 19.8. The lowest BCUT2D eigenvalue weighted by Crippen LogP contribution is -2.48. The number of piperidine rings is 1. The van der Waals surface area contributed by atoms with E-state index in [0.29, 0.717) is 61.2 Å². The zero-order chi connectivity index (χ0) is 28.7. The minimum absolute atomic E-state index is 0.103. The molecule has 8 heteroatoms. The molecule has 4 rings (SSSR count). The Bertz CT molecular complexity index is 1330. The van der Waals surface area contributed by atoms with Gasteiger partial charge in [-0.1, -0.05) is 54.1 Å². The highest BCUT2D eigenvalue weighted by molar-refractivity contribution is 5.94. The van der Waals surface area contributed by atoms with Crippen molar-refractivity contribution in [2.75, 3.05) is 26.7 Å². The Labute approximate surface area is 235 Å². The highest BCUT2D eigenvalue weighted by Crippen LogP contribution is 2.44. The predicted octanol–water partition coefficient (Wildman–Crippen LogP) is 5.31. The molecule has 40 heavy (non-hydrogen) atoms. The third kappa shape index (κ3) is 6.69. The molecule has 2 atom stereocenters. The summed E-state index contributed by atoms with van der Waals surface area (Å²) in [5.41, 5.74) is 2.61. The van der Waals surface area contributed by atoms with Crippen molar-refractivity contribution in [3.8, 4) is 11.1 Å². The number of aliphatic hydroxyl groups is 1. The van der Waals surface area contributed by atoms with Crippen molar-refractivity contribution in [3.05, 3.63) is 94.8 Å². The number of rotatable bonds is 10. The number of carbonyl (C=O) groups excluding carboxylic acids is 1. The number of likely N-dealkylation sites (tertiary alicyclic amines) is 1. The lowest BCUT2D eigenvalue weighted by Gasteiger charge is -2.43. The van der Waals surface area contributed by atoms with Crippen LogP contribution in [0.2, 0.25) is 0 Å². The number of benzene rings is 3. The summed E-state index contributed by atoms with van der Waals surface area (Å²) in [5.74, 6) is -0.909. The summed E-state index contributed by atoms with van der Waals surface area (Å²) in [6.45, 7) is 3.67. The van der Waals surface area contributed by atoms with E-state index in [1.807, 2.05) is 62.5 Å². The second kappa shape index (κ2) is 13.1. The van der Waals surface area contributed by atoms with Crippen LogP contribution in [0.25, 0.3) is 11.1 Å². The lowest BCUT2D eigenvalue weighted by molar-refractivity contribution is -0.0564. The number of carboxylic acid groups (broad SMARTS) is 1. The van der Waals surface area contributed by atoms with Crippen LogP contribution in [0, 0.1) is 18.7 Å². The van der Waals surface area contributed by atoms with E-state index in [4.69, 9.17) is 5.11 Å². The molecule has 3 aromatic carbocycles. The maximum Gasteiger partial charge on any atom is 0.404 e. The van der Waals surface area contributed by atoms with Gasteiger partial charge in [0.25, 0.3) is 5.91 Å². The molecule has 212 valence electrons. The van der Waals surface area contributed by atoms with Crippen LogP contribution in [0.5, 0.6) is 0 Å². The van der Waals surface area contributed by atoms with E-state index >= 15 is 4.39 Å². The Balaban J connectivity index is 1.68. The van der Waals surface area contributed by atoms with E-state index < -0.39 is 17.5 Å². The van der Waals surface area contributed by atoms with Gasteiger partial charge in [0.2, 0.25) is 0 Å². The summed E-state index contributed by atoms with van der Waals surface area (Å²) >= 11 is 0. The van der Waals surface area contributed by atoms with E-state index in [2.05, 4.69) is 10.6 Å². The van der Waals surface area contributed by atoms with E-state index in [0.717, 1.165) is 11.1 Å². The third-order valence-electron chi connectivity index (χ3n) is 7.76. The monoisotopic (exact) mass is 547 g/mol. The van der Waals surface area contributed by atoms with Crippen LogP contribution in [0.15, 0.2) is 66.7 Å². The summed E-state index contributed by atoms with van der Waals surface area (Å²) in [5, 5.41) is 27.0. The van der Waals surface area contributed by atoms with Crippen molar-refractivity contribution in [1.82, 2.24) is 15.5 Å². The fourth-order valence-electron chi connectivity index (χ4n) is 5.79. The SMILES string of the molecule is CNCc1ccc(C(=O)N2CCC[C@@H]([C@@](O)(CCCNC(=O)O)c3cccc(F)c3-c3cccc(C)c3)C2)cc1. The first-order chi connectivity index (χ1) is 19.2. The van der Waals surface area contributed by atoms with Gasteiger partial charge in [0, 0.05) is 43.2 Å². The van der Waals surface area contributed by atoms with Crippen LogP contribution in [0.3, 0.4) is 0 Å². The Hall–Kier alpha value is -3.75. The molecule has 1 heterocycles. The topological polar surface area (TPSA) is 102 Å². The Morgan fingerprint density at radius 1 is 1.10 bits per heavy atom. The van der Waals surface area contributed by atoms with Gasteiger partial charge >= 0.3 is 6.09 Å². The first-order valence-corrected chi connectivity index (χ1v) is 13.8. The molecule has 0 bridgehead atoms. The maximum absolute atomic E-state index is 15.5. The number of hydrogen-bond donors (Lipinski definition) is 4. The predicted molar refractivity (Wildman–Crippen MR) is 154 cm³/mol. The van der Waals surface area contributed by atoms with E-state index in [-0.39, 0.29) is 24.8 Å². The molecule has 1 aliphatic rings. The maximum atomic E-state index is 15.5. The first-order valence-electron chi connectivity index (χ1n) is 13.8. The minimum Gasteiger partial charge on any atom is -0.465 e. The van der Waals surface area contributed by atoms with Crippen LogP contribution >= 0.6 is 0 Å². The zero-order valence-electron chi connectivity index (χ0n) is 23.1. The molecule has 0 aliphatic carbocycles. The molecule has 0 unspecified atom stereocenters. The van der Waals surface area contributed by atoms with Crippen LogP contribution in [-0.4, -0.2) is 53.8 Å². The van der Waals surface area contributed by atoms with Gasteiger partial charge in [-0.3, -0.25) is 4.79 Å². The van der Waals surface area contributed by atoms with Crippen LogP contribution in [0.1, 0.15) is 52.7 Å². The Morgan fingerprint density at radius 3 is 2.55 bits per heavy atom. The number of hydrogen-bond acceptors (Lipinski definition) is 4. The summed E-state index contributed by atoms with van der Waals surface area (Å²) in [6.07, 6.45) is 0.770. The molecule has 0 aromatic heterocycles. The average Bonchev–Trinajstić information content (AvgIpc) is 2.95. The molecule has 0 spiro atoms. The smallest absolute Gasteiger partial charge is 0.404 e. The second-order valence-electron chi connectivity index (χ2n) is 10.6. The van der Waals surface area contributed by atoms with E-state index in [9.17, 15) is 14.7 Å². The number of amides is 2. The quantitative estimate of drug-likeness (QED) is 0.258. The Morgan fingerprint density at radius 2 is 1.85 bits per heavy atom. The lowest BCUT2D eigenvalue weighted by atomic mass is 9.72. The molecule has 7 nitrogen and oxygen atoms in total. The van der Waals surface area contributed by atoms with Gasteiger partial charge < -0.3 is 25.7 Å². The van der Waals surface area contributed by atoms with E-state index in [1.54, 1.807) is 17.0 Å². The average molecular weight is 548 g/mol. The van der Waals surface area contributed by atoms with Crippen molar-refractivity contribution >= 4 is 12.0 Å². The van der Waals surface area contributed by atoms with Gasteiger partial charge in [0.15, 0.2) is 0 Å². The zero-order valence-corrected chi connectivity index (χ0v) is 23.1. The number of nitrogens with one attached hydrogen (secondary N) is 2. The molecule has 0 saturated carbocycles.